The summed E-state index contributed by atoms with van der Waals surface area (Å²) >= 11 is 0. The van der Waals surface area contributed by atoms with Crippen LogP contribution in [0, 0.1) is 0 Å². The average molecular weight is 305 g/mol. The third-order valence-electron chi connectivity index (χ3n) is 3.30. The molecule has 1 aromatic heterocycles. The number of nitrogens with zero attached hydrogens (tertiary/aromatic N) is 1. The summed E-state index contributed by atoms with van der Waals surface area (Å²) in [7, 11) is 0. The molecule has 3 amide bonds. The summed E-state index contributed by atoms with van der Waals surface area (Å²) in [5.74, 6) is -0.443. The van der Waals surface area contributed by atoms with E-state index in [9.17, 15) is 9.59 Å². The zero-order valence-electron chi connectivity index (χ0n) is 12.3. The molecule has 0 bridgehead atoms. The molecule has 3 rings (SSSR count). The summed E-state index contributed by atoms with van der Waals surface area (Å²) in [6.07, 6.45) is 3.76. The number of aromatic nitrogens is 1. The second-order valence-corrected chi connectivity index (χ2v) is 4.88. The molecule has 0 saturated heterocycles. The summed E-state index contributed by atoms with van der Waals surface area (Å²) in [5, 5.41) is 5.03. The van der Waals surface area contributed by atoms with E-state index in [2.05, 4.69) is 10.6 Å². The molecular weight excluding hydrogens is 290 g/mol. The molecular formula is C18H15N3O2. The van der Waals surface area contributed by atoms with Crippen molar-refractivity contribution in [1.82, 2.24) is 9.88 Å². The van der Waals surface area contributed by atoms with E-state index in [-0.39, 0.29) is 0 Å². The van der Waals surface area contributed by atoms with Gasteiger partial charge in [-0.3, -0.25) is 10.1 Å². The first-order valence-corrected chi connectivity index (χ1v) is 7.14. The fourth-order valence-corrected chi connectivity index (χ4v) is 2.22. The molecule has 5 nitrogen and oxygen atoms in total. The van der Waals surface area contributed by atoms with Crippen LogP contribution >= 0.6 is 0 Å². The zero-order chi connectivity index (χ0) is 16.1. The van der Waals surface area contributed by atoms with E-state index >= 15 is 0 Å². The fraction of sp³-hybridized carbons (Fsp3) is 0. The number of hydrogen-bond donors (Lipinski definition) is 2. The first-order chi connectivity index (χ1) is 11.2. The number of imide groups is 1. The van der Waals surface area contributed by atoms with Crippen LogP contribution in [0.15, 0.2) is 79.1 Å². The van der Waals surface area contributed by atoms with E-state index in [0.717, 1.165) is 5.69 Å². The summed E-state index contributed by atoms with van der Waals surface area (Å²) in [6, 6.07) is 19.2. The number of anilines is 1. The van der Waals surface area contributed by atoms with Crippen molar-refractivity contribution in [3.05, 3.63) is 84.7 Å². The van der Waals surface area contributed by atoms with Gasteiger partial charge in [0.25, 0.3) is 5.91 Å². The van der Waals surface area contributed by atoms with E-state index in [1.54, 1.807) is 30.3 Å². The SMILES string of the molecule is O=C(NC(=O)c1ccccc1)Nc1ccccc1-n1cccc1. The van der Waals surface area contributed by atoms with Crippen LogP contribution in [0.5, 0.6) is 0 Å². The molecule has 0 radical (unpaired) electrons. The highest BCUT2D eigenvalue weighted by molar-refractivity contribution is 6.08. The summed E-state index contributed by atoms with van der Waals surface area (Å²) in [5.41, 5.74) is 1.86. The summed E-state index contributed by atoms with van der Waals surface area (Å²) in [6.45, 7) is 0. The maximum absolute atomic E-state index is 12.1. The standard InChI is InChI=1S/C18H15N3O2/c22-17(14-8-2-1-3-9-14)20-18(23)19-15-10-4-5-11-16(15)21-12-6-7-13-21/h1-13H,(H2,19,20,22,23). The lowest BCUT2D eigenvalue weighted by Crippen LogP contribution is -2.34. The second kappa shape index (κ2) is 6.62. The van der Waals surface area contributed by atoms with Gasteiger partial charge in [0.1, 0.15) is 0 Å². The first-order valence-electron chi connectivity index (χ1n) is 7.14. The van der Waals surface area contributed by atoms with Crippen LogP contribution in [0.3, 0.4) is 0 Å². The largest absolute Gasteiger partial charge is 0.326 e. The van der Waals surface area contributed by atoms with Gasteiger partial charge in [-0.2, -0.15) is 0 Å². The van der Waals surface area contributed by atoms with Crippen LogP contribution in [0.2, 0.25) is 0 Å². The molecule has 0 saturated carbocycles. The minimum absolute atomic E-state index is 0.432. The van der Waals surface area contributed by atoms with Crippen molar-refractivity contribution in [2.24, 2.45) is 0 Å². The molecule has 0 fully saturated rings. The molecule has 114 valence electrons. The molecule has 0 atom stereocenters. The van der Waals surface area contributed by atoms with E-state index in [0.29, 0.717) is 11.3 Å². The zero-order valence-corrected chi connectivity index (χ0v) is 12.3. The number of carbonyl (C=O) groups excluding carboxylic acids is 2. The Labute approximate surface area is 133 Å². The molecule has 23 heavy (non-hydrogen) atoms. The molecule has 3 aromatic rings. The monoisotopic (exact) mass is 305 g/mol. The van der Waals surface area contributed by atoms with Crippen LogP contribution < -0.4 is 10.6 Å². The maximum atomic E-state index is 12.1. The number of amides is 3. The van der Waals surface area contributed by atoms with Crippen molar-refractivity contribution < 1.29 is 9.59 Å². The van der Waals surface area contributed by atoms with Crippen LogP contribution in [0.4, 0.5) is 10.5 Å². The van der Waals surface area contributed by atoms with Crippen molar-refractivity contribution in [3.63, 3.8) is 0 Å². The van der Waals surface area contributed by atoms with Gasteiger partial charge in [0.05, 0.1) is 11.4 Å². The number of urea groups is 1. The Kier molecular flexibility index (Phi) is 4.20. The van der Waals surface area contributed by atoms with Gasteiger partial charge in [0.15, 0.2) is 0 Å². The minimum Gasteiger partial charge on any atom is -0.322 e. The highest BCUT2D eigenvalue weighted by Crippen LogP contribution is 2.19. The van der Waals surface area contributed by atoms with Crippen molar-refractivity contribution in [2.45, 2.75) is 0 Å². The number of hydrogen-bond acceptors (Lipinski definition) is 2. The Bertz CT molecular complexity index is 811. The third-order valence-corrected chi connectivity index (χ3v) is 3.30. The topological polar surface area (TPSA) is 63.1 Å². The van der Waals surface area contributed by atoms with Gasteiger partial charge in [-0.25, -0.2) is 4.79 Å². The van der Waals surface area contributed by atoms with Gasteiger partial charge >= 0.3 is 6.03 Å². The van der Waals surface area contributed by atoms with Crippen molar-refractivity contribution in [1.29, 1.82) is 0 Å². The number of rotatable bonds is 3. The lowest BCUT2D eigenvalue weighted by Gasteiger charge is -2.12. The molecule has 2 N–H and O–H groups in total. The molecule has 0 aliphatic carbocycles. The first kappa shape index (κ1) is 14.6. The van der Waals surface area contributed by atoms with Gasteiger partial charge in [-0.15, -0.1) is 0 Å². The maximum Gasteiger partial charge on any atom is 0.326 e. The minimum atomic E-state index is -0.571. The Morgan fingerprint density at radius 2 is 1.43 bits per heavy atom. The number of nitrogens with one attached hydrogen (secondary N) is 2. The molecule has 0 aliphatic rings. The highest BCUT2D eigenvalue weighted by Gasteiger charge is 2.11. The quantitative estimate of drug-likeness (QED) is 0.778. The molecule has 2 aromatic carbocycles. The van der Waals surface area contributed by atoms with Gasteiger partial charge in [-0.05, 0) is 36.4 Å². The lowest BCUT2D eigenvalue weighted by atomic mass is 10.2. The number of carbonyl (C=O) groups is 2. The Balaban J connectivity index is 1.73. The van der Waals surface area contributed by atoms with E-state index < -0.39 is 11.9 Å². The second-order valence-electron chi connectivity index (χ2n) is 4.88. The van der Waals surface area contributed by atoms with Gasteiger partial charge in [-0.1, -0.05) is 30.3 Å². The molecule has 0 aliphatic heterocycles. The van der Waals surface area contributed by atoms with E-state index in [1.165, 1.54) is 0 Å². The molecule has 0 spiro atoms. The molecule has 5 heteroatoms. The van der Waals surface area contributed by atoms with E-state index in [1.807, 2.05) is 53.4 Å². The van der Waals surface area contributed by atoms with Gasteiger partial charge in [0, 0.05) is 18.0 Å². The van der Waals surface area contributed by atoms with Crippen LogP contribution in [-0.2, 0) is 0 Å². The van der Waals surface area contributed by atoms with Crippen molar-refractivity contribution >= 4 is 17.6 Å². The predicted octanol–water partition coefficient (Wildman–Crippen LogP) is 3.44. The van der Waals surface area contributed by atoms with E-state index in [4.69, 9.17) is 0 Å². The summed E-state index contributed by atoms with van der Waals surface area (Å²) < 4.78 is 1.88. The third kappa shape index (κ3) is 3.47. The Morgan fingerprint density at radius 3 is 2.17 bits per heavy atom. The Morgan fingerprint density at radius 1 is 0.783 bits per heavy atom. The van der Waals surface area contributed by atoms with Gasteiger partial charge in [0.2, 0.25) is 0 Å². The fourth-order valence-electron chi connectivity index (χ4n) is 2.22. The van der Waals surface area contributed by atoms with Crippen LogP contribution in [0.25, 0.3) is 5.69 Å². The molecule has 1 heterocycles. The smallest absolute Gasteiger partial charge is 0.322 e. The van der Waals surface area contributed by atoms with Crippen molar-refractivity contribution in [2.75, 3.05) is 5.32 Å². The lowest BCUT2D eigenvalue weighted by molar-refractivity contribution is 0.0967. The highest BCUT2D eigenvalue weighted by atomic mass is 16.2. The van der Waals surface area contributed by atoms with Crippen LogP contribution in [0.1, 0.15) is 10.4 Å². The Hall–Kier alpha value is -3.34. The van der Waals surface area contributed by atoms with Crippen LogP contribution in [-0.4, -0.2) is 16.5 Å². The normalized spacial score (nSPS) is 10.1. The molecule has 0 unspecified atom stereocenters. The van der Waals surface area contributed by atoms with Gasteiger partial charge < -0.3 is 9.88 Å². The predicted molar refractivity (Wildman–Crippen MR) is 88.7 cm³/mol. The van der Waals surface area contributed by atoms with Crippen molar-refractivity contribution in [3.8, 4) is 5.69 Å². The number of para-hydroxylation sites is 2. The summed E-state index contributed by atoms with van der Waals surface area (Å²) in [4.78, 5) is 24.0. The number of benzene rings is 2. The average Bonchev–Trinajstić information content (AvgIpc) is 3.10.